The first-order valence-corrected chi connectivity index (χ1v) is 8.61. The van der Waals surface area contributed by atoms with Crippen molar-refractivity contribution in [2.75, 3.05) is 14.2 Å². The van der Waals surface area contributed by atoms with Crippen LogP contribution in [0.1, 0.15) is 0 Å². The zero-order valence-electron chi connectivity index (χ0n) is 14.9. The van der Waals surface area contributed by atoms with Crippen LogP contribution in [0, 0.1) is 0 Å². The second kappa shape index (κ2) is 6.93. The van der Waals surface area contributed by atoms with E-state index in [1.165, 1.54) is 11.1 Å². The summed E-state index contributed by atoms with van der Waals surface area (Å²) in [4.78, 5) is 0. The standard InChI is InChI=1S/C24H20O2/c1-25-23-16-22(20-10-6-7-11-21(20)24(23)26-2)19-14-12-18(13-15-19)17-8-4-3-5-9-17/h3-16H,1-2H3. The van der Waals surface area contributed by atoms with Crippen LogP contribution in [-0.2, 0) is 0 Å². The highest BCUT2D eigenvalue weighted by molar-refractivity contribution is 6.02. The molecule has 4 aromatic carbocycles. The average molecular weight is 340 g/mol. The van der Waals surface area contributed by atoms with Crippen LogP contribution >= 0.6 is 0 Å². The molecule has 0 aliphatic heterocycles. The maximum Gasteiger partial charge on any atom is 0.168 e. The van der Waals surface area contributed by atoms with E-state index in [0.717, 1.165) is 33.4 Å². The Morgan fingerprint density at radius 1 is 0.538 bits per heavy atom. The molecule has 0 spiro atoms. The van der Waals surface area contributed by atoms with Crippen LogP contribution in [-0.4, -0.2) is 14.2 Å². The summed E-state index contributed by atoms with van der Waals surface area (Å²) < 4.78 is 11.2. The third-order valence-corrected chi connectivity index (χ3v) is 4.69. The van der Waals surface area contributed by atoms with Gasteiger partial charge in [0.2, 0.25) is 0 Å². The summed E-state index contributed by atoms with van der Waals surface area (Å²) in [7, 11) is 3.35. The van der Waals surface area contributed by atoms with Crippen LogP contribution in [0.3, 0.4) is 0 Å². The molecule has 0 fully saturated rings. The molecule has 0 bridgehead atoms. The lowest BCUT2D eigenvalue weighted by molar-refractivity contribution is 0.358. The minimum absolute atomic E-state index is 0.744. The van der Waals surface area contributed by atoms with Crippen LogP contribution < -0.4 is 9.47 Å². The lowest BCUT2D eigenvalue weighted by atomic mass is 9.95. The summed E-state index contributed by atoms with van der Waals surface area (Å²) in [5.41, 5.74) is 4.72. The quantitative estimate of drug-likeness (QED) is 0.441. The van der Waals surface area contributed by atoms with Crippen molar-refractivity contribution in [2.24, 2.45) is 0 Å². The Balaban J connectivity index is 1.87. The van der Waals surface area contributed by atoms with E-state index in [4.69, 9.17) is 9.47 Å². The minimum atomic E-state index is 0.744. The number of ether oxygens (including phenoxy) is 2. The van der Waals surface area contributed by atoms with E-state index in [9.17, 15) is 0 Å². The van der Waals surface area contributed by atoms with Gasteiger partial charge in [-0.2, -0.15) is 0 Å². The predicted molar refractivity (Wildman–Crippen MR) is 108 cm³/mol. The van der Waals surface area contributed by atoms with Crippen LogP contribution in [0.5, 0.6) is 11.5 Å². The summed E-state index contributed by atoms with van der Waals surface area (Å²) in [6.45, 7) is 0. The molecule has 26 heavy (non-hydrogen) atoms. The Labute approximate surface area is 153 Å². The maximum absolute atomic E-state index is 5.59. The molecule has 0 aliphatic rings. The Hall–Kier alpha value is -3.26. The first-order chi connectivity index (χ1) is 12.8. The van der Waals surface area contributed by atoms with E-state index in [0.29, 0.717) is 0 Å². The van der Waals surface area contributed by atoms with Crippen molar-refractivity contribution >= 4 is 10.8 Å². The molecule has 0 aromatic heterocycles. The lowest BCUT2D eigenvalue weighted by Crippen LogP contribution is -1.93. The molecular formula is C24H20O2. The lowest BCUT2D eigenvalue weighted by Gasteiger charge is -2.15. The van der Waals surface area contributed by atoms with Gasteiger partial charge in [0.15, 0.2) is 11.5 Å². The molecule has 0 saturated carbocycles. The summed E-state index contributed by atoms with van der Waals surface area (Å²) >= 11 is 0. The summed E-state index contributed by atoms with van der Waals surface area (Å²) in [5.74, 6) is 1.51. The molecule has 4 rings (SSSR count). The largest absolute Gasteiger partial charge is 0.493 e. The number of methoxy groups -OCH3 is 2. The fourth-order valence-electron chi connectivity index (χ4n) is 3.40. The highest BCUT2D eigenvalue weighted by Gasteiger charge is 2.14. The first-order valence-electron chi connectivity index (χ1n) is 8.61. The number of hydrogen-bond donors (Lipinski definition) is 0. The monoisotopic (exact) mass is 340 g/mol. The molecule has 128 valence electrons. The van der Waals surface area contributed by atoms with Gasteiger partial charge in [0.05, 0.1) is 14.2 Å². The molecule has 2 nitrogen and oxygen atoms in total. The Bertz CT molecular complexity index is 1030. The third-order valence-electron chi connectivity index (χ3n) is 4.69. The molecule has 0 heterocycles. The van der Waals surface area contributed by atoms with E-state index in [1.54, 1.807) is 14.2 Å². The van der Waals surface area contributed by atoms with Gasteiger partial charge in [0.25, 0.3) is 0 Å². The van der Waals surface area contributed by atoms with Crippen molar-refractivity contribution in [3.8, 4) is 33.8 Å². The van der Waals surface area contributed by atoms with Gasteiger partial charge in [-0.25, -0.2) is 0 Å². The number of benzene rings is 4. The average Bonchev–Trinajstić information content (AvgIpc) is 2.73. The number of hydrogen-bond acceptors (Lipinski definition) is 2. The zero-order valence-corrected chi connectivity index (χ0v) is 14.9. The number of fused-ring (bicyclic) bond motifs is 1. The van der Waals surface area contributed by atoms with Gasteiger partial charge in [-0.05, 0) is 33.7 Å². The van der Waals surface area contributed by atoms with E-state index < -0.39 is 0 Å². The molecule has 0 N–H and O–H groups in total. The molecule has 0 atom stereocenters. The van der Waals surface area contributed by atoms with Crippen molar-refractivity contribution < 1.29 is 9.47 Å². The zero-order chi connectivity index (χ0) is 17.9. The Kier molecular flexibility index (Phi) is 4.32. The van der Waals surface area contributed by atoms with Crippen LogP contribution in [0.15, 0.2) is 84.9 Å². The second-order valence-electron chi connectivity index (χ2n) is 6.15. The van der Waals surface area contributed by atoms with E-state index in [1.807, 2.05) is 12.1 Å². The van der Waals surface area contributed by atoms with Crippen LogP contribution in [0.4, 0.5) is 0 Å². The minimum Gasteiger partial charge on any atom is -0.493 e. The van der Waals surface area contributed by atoms with Crippen molar-refractivity contribution in [1.82, 2.24) is 0 Å². The topological polar surface area (TPSA) is 18.5 Å². The van der Waals surface area contributed by atoms with Gasteiger partial charge in [-0.1, -0.05) is 78.9 Å². The predicted octanol–water partition coefficient (Wildman–Crippen LogP) is 6.19. The SMILES string of the molecule is COc1cc(-c2ccc(-c3ccccc3)cc2)c2ccccc2c1OC. The summed E-state index contributed by atoms with van der Waals surface area (Å²) in [6.07, 6.45) is 0. The molecule has 0 radical (unpaired) electrons. The summed E-state index contributed by atoms with van der Waals surface area (Å²) in [5, 5.41) is 2.20. The van der Waals surface area contributed by atoms with Crippen LogP contribution in [0.2, 0.25) is 0 Å². The van der Waals surface area contributed by atoms with Gasteiger partial charge in [-0.15, -0.1) is 0 Å². The van der Waals surface area contributed by atoms with Gasteiger partial charge in [0, 0.05) is 5.39 Å². The van der Waals surface area contributed by atoms with Crippen molar-refractivity contribution in [2.45, 2.75) is 0 Å². The van der Waals surface area contributed by atoms with Crippen molar-refractivity contribution in [1.29, 1.82) is 0 Å². The fraction of sp³-hybridized carbons (Fsp3) is 0.0833. The molecule has 0 unspecified atom stereocenters. The van der Waals surface area contributed by atoms with E-state index >= 15 is 0 Å². The normalized spacial score (nSPS) is 10.7. The third kappa shape index (κ3) is 2.80. The van der Waals surface area contributed by atoms with E-state index in [-0.39, 0.29) is 0 Å². The van der Waals surface area contributed by atoms with Gasteiger partial charge < -0.3 is 9.47 Å². The first kappa shape index (κ1) is 16.2. The molecular weight excluding hydrogens is 320 g/mol. The maximum atomic E-state index is 5.59. The fourth-order valence-corrected chi connectivity index (χ4v) is 3.40. The van der Waals surface area contributed by atoms with Crippen LogP contribution in [0.25, 0.3) is 33.0 Å². The Morgan fingerprint density at radius 3 is 1.77 bits per heavy atom. The van der Waals surface area contributed by atoms with Crippen molar-refractivity contribution in [3.63, 3.8) is 0 Å². The second-order valence-corrected chi connectivity index (χ2v) is 6.15. The number of rotatable bonds is 4. The molecule has 4 aromatic rings. The van der Waals surface area contributed by atoms with Gasteiger partial charge >= 0.3 is 0 Å². The van der Waals surface area contributed by atoms with Crippen molar-refractivity contribution in [3.05, 3.63) is 84.9 Å². The van der Waals surface area contributed by atoms with Gasteiger partial charge in [0.1, 0.15) is 0 Å². The molecule has 0 amide bonds. The van der Waals surface area contributed by atoms with Gasteiger partial charge in [-0.3, -0.25) is 0 Å². The smallest absolute Gasteiger partial charge is 0.168 e. The highest BCUT2D eigenvalue weighted by Crippen LogP contribution is 2.41. The molecule has 0 aliphatic carbocycles. The molecule has 2 heteroatoms. The molecule has 0 saturated heterocycles. The highest BCUT2D eigenvalue weighted by atomic mass is 16.5. The van der Waals surface area contributed by atoms with E-state index in [2.05, 4.69) is 72.8 Å². The summed E-state index contributed by atoms with van der Waals surface area (Å²) in [6, 6.07) is 29.4. The Morgan fingerprint density at radius 2 is 1.12 bits per heavy atom.